The number of rotatable bonds is 2. The standard InChI is InChI=1S/C22H20/c1-3-15(2)21-14-22-17-9-5-4-8-16(17)12-13-20(22)18-10-6-7-11-19(18)21/h4-15H,3H2,1-2H3. The van der Waals surface area contributed by atoms with Gasteiger partial charge in [-0.2, -0.15) is 0 Å². The van der Waals surface area contributed by atoms with Crippen LogP contribution in [0.4, 0.5) is 0 Å². The third-order valence-corrected chi connectivity index (χ3v) is 4.94. The molecule has 1 unspecified atom stereocenters. The second kappa shape index (κ2) is 5.14. The van der Waals surface area contributed by atoms with Crippen LogP contribution in [0.3, 0.4) is 0 Å². The molecule has 0 aliphatic carbocycles. The lowest BCUT2D eigenvalue weighted by Gasteiger charge is -2.16. The van der Waals surface area contributed by atoms with Crippen LogP contribution in [0.5, 0.6) is 0 Å². The van der Waals surface area contributed by atoms with Crippen molar-refractivity contribution in [3.05, 3.63) is 72.3 Å². The molecule has 0 heterocycles. The molecule has 4 rings (SSSR count). The Morgan fingerprint density at radius 1 is 0.682 bits per heavy atom. The molecular weight excluding hydrogens is 264 g/mol. The minimum atomic E-state index is 0.577. The van der Waals surface area contributed by atoms with Gasteiger partial charge in [0.25, 0.3) is 0 Å². The van der Waals surface area contributed by atoms with Crippen molar-refractivity contribution in [1.82, 2.24) is 0 Å². The lowest BCUT2D eigenvalue weighted by Crippen LogP contribution is -1.94. The molecule has 0 N–H and O–H groups in total. The van der Waals surface area contributed by atoms with Gasteiger partial charge in [-0.3, -0.25) is 0 Å². The molecule has 0 aliphatic rings. The first-order chi connectivity index (χ1) is 10.8. The third kappa shape index (κ3) is 1.91. The lowest BCUT2D eigenvalue weighted by molar-refractivity contribution is 0.740. The maximum absolute atomic E-state index is 2.42. The summed E-state index contributed by atoms with van der Waals surface area (Å²) in [7, 11) is 0. The van der Waals surface area contributed by atoms with Gasteiger partial charge in [0.1, 0.15) is 0 Å². The van der Waals surface area contributed by atoms with Crippen LogP contribution in [0, 0.1) is 0 Å². The molecule has 0 bridgehead atoms. The van der Waals surface area contributed by atoms with Gasteiger partial charge >= 0.3 is 0 Å². The van der Waals surface area contributed by atoms with Crippen LogP contribution in [0.2, 0.25) is 0 Å². The topological polar surface area (TPSA) is 0 Å². The molecule has 4 aromatic carbocycles. The summed E-state index contributed by atoms with van der Waals surface area (Å²) in [4.78, 5) is 0. The molecule has 0 saturated heterocycles. The molecule has 1 atom stereocenters. The third-order valence-electron chi connectivity index (χ3n) is 4.94. The first-order valence-corrected chi connectivity index (χ1v) is 8.12. The van der Waals surface area contributed by atoms with E-state index >= 15 is 0 Å². The molecule has 108 valence electrons. The van der Waals surface area contributed by atoms with Crippen molar-refractivity contribution in [3.8, 4) is 0 Å². The van der Waals surface area contributed by atoms with Crippen LogP contribution >= 0.6 is 0 Å². The molecule has 0 aromatic heterocycles. The van der Waals surface area contributed by atoms with E-state index in [9.17, 15) is 0 Å². The molecule has 0 fully saturated rings. The van der Waals surface area contributed by atoms with Gasteiger partial charge in [-0.25, -0.2) is 0 Å². The Kier molecular flexibility index (Phi) is 3.11. The van der Waals surface area contributed by atoms with Gasteiger partial charge < -0.3 is 0 Å². The number of fused-ring (bicyclic) bond motifs is 5. The predicted octanol–water partition coefficient (Wildman–Crippen LogP) is 6.66. The molecule has 0 amide bonds. The number of hydrogen-bond donors (Lipinski definition) is 0. The number of hydrogen-bond acceptors (Lipinski definition) is 0. The van der Waals surface area contributed by atoms with E-state index in [0.29, 0.717) is 5.92 Å². The molecule has 0 nitrogen and oxygen atoms in total. The van der Waals surface area contributed by atoms with Crippen LogP contribution in [-0.2, 0) is 0 Å². The zero-order valence-corrected chi connectivity index (χ0v) is 13.1. The first-order valence-electron chi connectivity index (χ1n) is 8.12. The van der Waals surface area contributed by atoms with Crippen molar-refractivity contribution in [2.75, 3.05) is 0 Å². The van der Waals surface area contributed by atoms with Crippen LogP contribution in [0.1, 0.15) is 31.7 Å². The Hall–Kier alpha value is -2.34. The molecule has 0 saturated carbocycles. The Labute approximate surface area is 131 Å². The largest absolute Gasteiger partial charge is 0.0648 e. The minimum Gasteiger partial charge on any atom is -0.0648 e. The Balaban J connectivity index is 2.24. The van der Waals surface area contributed by atoms with Crippen molar-refractivity contribution in [1.29, 1.82) is 0 Å². The van der Waals surface area contributed by atoms with E-state index in [2.05, 4.69) is 80.6 Å². The quantitative estimate of drug-likeness (QED) is 0.361. The highest BCUT2D eigenvalue weighted by Gasteiger charge is 2.12. The molecule has 22 heavy (non-hydrogen) atoms. The summed E-state index contributed by atoms with van der Waals surface area (Å²) >= 11 is 0. The molecule has 0 aliphatic heterocycles. The van der Waals surface area contributed by atoms with Gasteiger partial charge in [0.2, 0.25) is 0 Å². The molecule has 0 spiro atoms. The second-order valence-electron chi connectivity index (χ2n) is 6.20. The average Bonchev–Trinajstić information content (AvgIpc) is 2.60. The second-order valence-corrected chi connectivity index (χ2v) is 6.20. The van der Waals surface area contributed by atoms with E-state index in [0.717, 1.165) is 0 Å². The maximum atomic E-state index is 2.42. The summed E-state index contributed by atoms with van der Waals surface area (Å²) in [5.41, 5.74) is 1.47. The van der Waals surface area contributed by atoms with Crippen LogP contribution < -0.4 is 0 Å². The first kappa shape index (κ1) is 13.3. The van der Waals surface area contributed by atoms with Crippen molar-refractivity contribution < 1.29 is 0 Å². The molecule has 0 heteroatoms. The van der Waals surface area contributed by atoms with Gasteiger partial charge in [0.05, 0.1) is 0 Å². The maximum Gasteiger partial charge on any atom is -0.00961 e. The van der Waals surface area contributed by atoms with Crippen molar-refractivity contribution in [2.24, 2.45) is 0 Å². The minimum absolute atomic E-state index is 0.577. The summed E-state index contributed by atoms with van der Waals surface area (Å²) < 4.78 is 0. The fourth-order valence-corrected chi connectivity index (χ4v) is 3.52. The molecule has 0 radical (unpaired) electrons. The van der Waals surface area contributed by atoms with Gasteiger partial charge in [0, 0.05) is 0 Å². The predicted molar refractivity (Wildman–Crippen MR) is 97.7 cm³/mol. The van der Waals surface area contributed by atoms with Gasteiger partial charge in [-0.1, -0.05) is 74.5 Å². The van der Waals surface area contributed by atoms with E-state index < -0.39 is 0 Å². The highest BCUT2D eigenvalue weighted by molar-refractivity contribution is 6.18. The zero-order chi connectivity index (χ0) is 15.1. The monoisotopic (exact) mass is 284 g/mol. The normalized spacial score (nSPS) is 13.0. The Morgan fingerprint density at radius 3 is 2.09 bits per heavy atom. The van der Waals surface area contributed by atoms with Gasteiger partial charge in [-0.05, 0) is 56.3 Å². The molecule has 4 aromatic rings. The summed E-state index contributed by atoms with van der Waals surface area (Å²) in [6, 6.07) is 24.5. The summed E-state index contributed by atoms with van der Waals surface area (Å²) in [5.74, 6) is 0.577. The average molecular weight is 284 g/mol. The summed E-state index contributed by atoms with van der Waals surface area (Å²) in [5, 5.41) is 8.20. The lowest BCUT2D eigenvalue weighted by atomic mass is 9.88. The molecular formula is C22H20. The highest BCUT2D eigenvalue weighted by atomic mass is 14.2. The van der Waals surface area contributed by atoms with E-state index in [4.69, 9.17) is 0 Å². The van der Waals surface area contributed by atoms with E-state index in [1.165, 1.54) is 44.3 Å². The highest BCUT2D eigenvalue weighted by Crippen LogP contribution is 2.36. The fourth-order valence-electron chi connectivity index (χ4n) is 3.52. The van der Waals surface area contributed by atoms with Crippen molar-refractivity contribution in [3.63, 3.8) is 0 Å². The van der Waals surface area contributed by atoms with Crippen LogP contribution in [-0.4, -0.2) is 0 Å². The van der Waals surface area contributed by atoms with Gasteiger partial charge in [-0.15, -0.1) is 0 Å². The Morgan fingerprint density at radius 2 is 1.32 bits per heavy atom. The smallest absolute Gasteiger partial charge is 0.00961 e. The van der Waals surface area contributed by atoms with Crippen molar-refractivity contribution >= 4 is 32.3 Å². The van der Waals surface area contributed by atoms with Gasteiger partial charge in [0.15, 0.2) is 0 Å². The van der Waals surface area contributed by atoms with Crippen molar-refractivity contribution in [2.45, 2.75) is 26.2 Å². The SMILES string of the molecule is CCC(C)c1cc2c3ccccc3ccc2c2ccccc12. The zero-order valence-electron chi connectivity index (χ0n) is 13.1. The van der Waals surface area contributed by atoms with E-state index in [1.54, 1.807) is 0 Å². The summed E-state index contributed by atoms with van der Waals surface area (Å²) in [6.45, 7) is 4.60. The fraction of sp³-hybridized carbons (Fsp3) is 0.182. The Bertz CT molecular complexity index is 979. The summed E-state index contributed by atoms with van der Waals surface area (Å²) in [6.07, 6.45) is 1.17. The number of benzene rings is 4. The van der Waals surface area contributed by atoms with E-state index in [-0.39, 0.29) is 0 Å². The van der Waals surface area contributed by atoms with E-state index in [1.807, 2.05) is 0 Å². The van der Waals surface area contributed by atoms with Crippen LogP contribution in [0.15, 0.2) is 66.7 Å². The van der Waals surface area contributed by atoms with Crippen LogP contribution in [0.25, 0.3) is 32.3 Å².